The van der Waals surface area contributed by atoms with Gasteiger partial charge in [0, 0.05) is 26.1 Å². The van der Waals surface area contributed by atoms with Gasteiger partial charge >= 0.3 is 0 Å². The van der Waals surface area contributed by atoms with Gasteiger partial charge in [-0.3, -0.25) is 0 Å². The number of imidazole rings is 1. The van der Waals surface area contributed by atoms with Crippen LogP contribution in [0, 0.1) is 10.6 Å². The maximum absolute atomic E-state index is 13.6. The van der Waals surface area contributed by atoms with Crippen molar-refractivity contribution >= 4 is 34.9 Å². The molecule has 0 atom stereocenters. The number of halogens is 2. The third-order valence-electron chi connectivity index (χ3n) is 3.18. The van der Waals surface area contributed by atoms with E-state index < -0.39 is 5.82 Å². The van der Waals surface area contributed by atoms with Crippen molar-refractivity contribution in [3.63, 3.8) is 0 Å². The van der Waals surface area contributed by atoms with Crippen molar-refractivity contribution in [1.82, 2.24) is 24.3 Å². The van der Waals surface area contributed by atoms with E-state index in [-0.39, 0.29) is 5.02 Å². The Hall–Kier alpha value is -1.73. The van der Waals surface area contributed by atoms with Gasteiger partial charge in [0.25, 0.3) is 0 Å². The van der Waals surface area contributed by atoms with E-state index in [2.05, 4.69) is 15.2 Å². The highest BCUT2D eigenvalue weighted by atomic mass is 35.5. The maximum atomic E-state index is 13.6. The lowest BCUT2D eigenvalue weighted by atomic mass is 10.3. The zero-order valence-corrected chi connectivity index (χ0v) is 12.2. The Morgan fingerprint density at radius 3 is 2.95 bits per heavy atom. The Bertz CT molecular complexity index is 834. The molecular weight excluding hydrogens is 301 g/mol. The van der Waals surface area contributed by atoms with Gasteiger partial charge in [-0.15, -0.1) is 10.2 Å². The first-order valence-corrected chi connectivity index (χ1v) is 6.75. The third kappa shape index (κ3) is 2.23. The molecule has 0 aliphatic carbocycles. The minimum atomic E-state index is -0.458. The van der Waals surface area contributed by atoms with Crippen molar-refractivity contribution < 1.29 is 4.39 Å². The molecule has 3 aromatic rings. The Balaban J connectivity index is 1.99. The number of aromatic amines is 1. The van der Waals surface area contributed by atoms with Gasteiger partial charge in [-0.2, -0.15) is 0 Å². The first-order chi connectivity index (χ1) is 9.56. The second kappa shape index (κ2) is 4.99. The van der Waals surface area contributed by atoms with Crippen molar-refractivity contribution in [2.45, 2.75) is 13.0 Å². The van der Waals surface area contributed by atoms with Crippen LogP contribution in [0.15, 0.2) is 18.5 Å². The highest BCUT2D eigenvalue weighted by Crippen LogP contribution is 2.22. The molecule has 8 heteroatoms. The van der Waals surface area contributed by atoms with Gasteiger partial charge < -0.3 is 14.1 Å². The normalized spacial score (nSPS) is 11.3. The van der Waals surface area contributed by atoms with E-state index in [0.29, 0.717) is 23.3 Å². The van der Waals surface area contributed by atoms with Gasteiger partial charge in [-0.25, -0.2) is 4.39 Å². The molecule has 0 saturated carbocycles. The van der Waals surface area contributed by atoms with E-state index in [1.807, 2.05) is 16.2 Å². The van der Waals surface area contributed by atoms with Gasteiger partial charge in [-0.05, 0) is 18.3 Å². The lowest BCUT2D eigenvalue weighted by Crippen LogP contribution is -2.05. The summed E-state index contributed by atoms with van der Waals surface area (Å²) in [7, 11) is 1.88. The van der Waals surface area contributed by atoms with Crippen LogP contribution in [0.1, 0.15) is 5.82 Å². The topological polar surface area (TPSA) is 51.4 Å². The SMILES string of the molecule is Cn1cnnc1CCn1c(=S)[nH]c2cc(Cl)c(F)cc21. The number of hydrogen-bond donors (Lipinski definition) is 1. The van der Waals surface area contributed by atoms with Crippen LogP contribution in [-0.2, 0) is 20.0 Å². The zero-order valence-electron chi connectivity index (χ0n) is 10.6. The Morgan fingerprint density at radius 2 is 2.25 bits per heavy atom. The minimum absolute atomic E-state index is 0.0780. The van der Waals surface area contributed by atoms with E-state index >= 15 is 0 Å². The van der Waals surface area contributed by atoms with Crippen LogP contribution in [0.25, 0.3) is 11.0 Å². The number of nitrogens with zero attached hydrogens (tertiary/aromatic N) is 4. The Kier molecular flexibility index (Phi) is 3.31. The largest absolute Gasteiger partial charge is 0.331 e. The average Bonchev–Trinajstić information content (AvgIpc) is 2.92. The van der Waals surface area contributed by atoms with Crippen molar-refractivity contribution in [3.8, 4) is 0 Å². The molecule has 1 N–H and O–H groups in total. The fourth-order valence-corrected chi connectivity index (χ4v) is 2.58. The lowest BCUT2D eigenvalue weighted by Gasteiger charge is -2.04. The summed E-state index contributed by atoms with van der Waals surface area (Å²) >= 11 is 11.0. The van der Waals surface area contributed by atoms with Crippen molar-refractivity contribution in [3.05, 3.63) is 39.9 Å². The summed E-state index contributed by atoms with van der Waals surface area (Å²) in [4.78, 5) is 3.02. The molecule has 5 nitrogen and oxygen atoms in total. The monoisotopic (exact) mass is 311 g/mol. The van der Waals surface area contributed by atoms with Crippen molar-refractivity contribution in [1.29, 1.82) is 0 Å². The summed E-state index contributed by atoms with van der Waals surface area (Å²) in [6, 6.07) is 2.93. The van der Waals surface area contributed by atoms with Gasteiger partial charge in [0.15, 0.2) is 4.77 Å². The number of benzene rings is 1. The van der Waals surface area contributed by atoms with E-state index in [4.69, 9.17) is 23.8 Å². The number of aromatic nitrogens is 5. The molecule has 1 aromatic carbocycles. The molecule has 0 amide bonds. The summed E-state index contributed by atoms with van der Waals surface area (Å²) in [5, 5.41) is 7.92. The Morgan fingerprint density at radius 1 is 1.45 bits per heavy atom. The number of fused-ring (bicyclic) bond motifs is 1. The molecule has 3 rings (SSSR count). The van der Waals surface area contributed by atoms with Crippen LogP contribution in [0.2, 0.25) is 5.02 Å². The average molecular weight is 312 g/mol. The molecule has 0 unspecified atom stereocenters. The summed E-state index contributed by atoms with van der Waals surface area (Å²) in [5.41, 5.74) is 1.42. The summed E-state index contributed by atoms with van der Waals surface area (Å²) in [6.45, 7) is 0.590. The molecule has 0 saturated heterocycles. The molecule has 0 aliphatic heterocycles. The summed E-state index contributed by atoms with van der Waals surface area (Å²) in [5.74, 6) is 0.385. The van der Waals surface area contributed by atoms with Crippen LogP contribution in [0.3, 0.4) is 0 Å². The van der Waals surface area contributed by atoms with E-state index in [0.717, 1.165) is 11.3 Å². The van der Waals surface area contributed by atoms with E-state index in [1.165, 1.54) is 6.07 Å². The zero-order chi connectivity index (χ0) is 14.3. The molecule has 104 valence electrons. The fraction of sp³-hybridized carbons (Fsp3) is 0.250. The van der Waals surface area contributed by atoms with Crippen LogP contribution < -0.4 is 0 Å². The molecule has 0 spiro atoms. The van der Waals surface area contributed by atoms with Crippen LogP contribution in [0.4, 0.5) is 4.39 Å². The van der Waals surface area contributed by atoms with Gasteiger partial charge in [0.1, 0.15) is 18.0 Å². The van der Waals surface area contributed by atoms with Crippen LogP contribution in [-0.4, -0.2) is 24.3 Å². The first kappa shape index (κ1) is 13.3. The highest BCUT2D eigenvalue weighted by molar-refractivity contribution is 7.71. The van der Waals surface area contributed by atoms with E-state index in [9.17, 15) is 4.39 Å². The number of hydrogen-bond acceptors (Lipinski definition) is 3. The molecule has 0 radical (unpaired) electrons. The van der Waals surface area contributed by atoms with Crippen molar-refractivity contribution in [2.24, 2.45) is 7.05 Å². The molecule has 0 fully saturated rings. The summed E-state index contributed by atoms with van der Waals surface area (Å²) in [6.07, 6.45) is 2.30. The summed E-state index contributed by atoms with van der Waals surface area (Å²) < 4.78 is 17.8. The van der Waals surface area contributed by atoms with Crippen molar-refractivity contribution in [2.75, 3.05) is 0 Å². The first-order valence-electron chi connectivity index (χ1n) is 5.96. The fourth-order valence-electron chi connectivity index (χ4n) is 2.12. The molecule has 2 aromatic heterocycles. The molecule has 2 heterocycles. The van der Waals surface area contributed by atoms with Gasteiger partial charge in [0.05, 0.1) is 16.1 Å². The lowest BCUT2D eigenvalue weighted by molar-refractivity contribution is 0.625. The van der Waals surface area contributed by atoms with E-state index in [1.54, 1.807) is 12.4 Å². The minimum Gasteiger partial charge on any atom is -0.331 e. The molecule has 0 aliphatic rings. The quantitative estimate of drug-likeness (QED) is 0.757. The van der Waals surface area contributed by atoms with Gasteiger partial charge in [0.2, 0.25) is 0 Å². The predicted octanol–water partition coefficient (Wildman–Crippen LogP) is 2.86. The number of rotatable bonds is 3. The number of aryl methyl sites for hydroxylation is 3. The molecule has 20 heavy (non-hydrogen) atoms. The second-order valence-corrected chi connectivity index (χ2v) is 5.27. The molecule has 0 bridgehead atoms. The van der Waals surface area contributed by atoms with Crippen LogP contribution >= 0.6 is 23.8 Å². The predicted molar refractivity (Wildman–Crippen MR) is 76.8 cm³/mol. The number of H-pyrrole nitrogens is 1. The number of nitrogens with one attached hydrogen (secondary N) is 1. The Labute approximate surface area is 124 Å². The van der Waals surface area contributed by atoms with Gasteiger partial charge in [-0.1, -0.05) is 11.6 Å². The standard InChI is InChI=1S/C12H11ClFN5S/c1-18-6-15-17-11(18)2-3-19-10-5-8(14)7(13)4-9(10)16-12(19)20/h4-6H,2-3H2,1H3,(H,16,20). The van der Waals surface area contributed by atoms with Crippen LogP contribution in [0.5, 0.6) is 0 Å². The molecular formula is C12H11ClFN5S. The smallest absolute Gasteiger partial charge is 0.178 e. The maximum Gasteiger partial charge on any atom is 0.178 e. The highest BCUT2D eigenvalue weighted by Gasteiger charge is 2.10. The third-order valence-corrected chi connectivity index (χ3v) is 3.79. The second-order valence-electron chi connectivity index (χ2n) is 4.47.